The van der Waals surface area contributed by atoms with Crippen molar-refractivity contribution in [1.82, 2.24) is 10.2 Å². The number of benzene rings is 2. The number of aromatic nitrogens is 2. The Morgan fingerprint density at radius 1 is 1.15 bits per heavy atom. The monoisotopic (exact) mass is 369 g/mol. The maximum Gasteiger partial charge on any atom is 0.322 e. The predicted octanol–water partition coefficient (Wildman–Crippen LogP) is 4.03. The number of ether oxygens (including phenoxy) is 1. The van der Waals surface area contributed by atoms with Gasteiger partial charge < -0.3 is 9.15 Å². The van der Waals surface area contributed by atoms with Crippen LogP contribution in [0, 0.1) is 0 Å². The van der Waals surface area contributed by atoms with E-state index in [-0.39, 0.29) is 11.9 Å². The minimum Gasteiger partial charge on any atom is -0.497 e. The highest BCUT2D eigenvalue weighted by Crippen LogP contribution is 2.23. The lowest BCUT2D eigenvalue weighted by molar-refractivity contribution is 0.102. The zero-order chi connectivity index (χ0) is 18.4. The number of anilines is 1. The molecule has 1 aromatic heterocycles. The zero-order valence-electron chi connectivity index (χ0n) is 14.6. The second kappa shape index (κ2) is 8.53. The van der Waals surface area contributed by atoms with Gasteiger partial charge in [-0.15, -0.1) is 16.9 Å². The van der Waals surface area contributed by atoms with Gasteiger partial charge in [-0.1, -0.05) is 36.3 Å². The van der Waals surface area contributed by atoms with Gasteiger partial charge in [0.2, 0.25) is 5.89 Å². The van der Waals surface area contributed by atoms with E-state index in [1.54, 1.807) is 24.9 Å². The van der Waals surface area contributed by atoms with Gasteiger partial charge in [0.15, 0.2) is 0 Å². The van der Waals surface area contributed by atoms with Gasteiger partial charge in [0.1, 0.15) is 5.75 Å². The molecule has 26 heavy (non-hydrogen) atoms. The molecule has 0 radical (unpaired) electrons. The number of hydrogen-bond donors (Lipinski definition) is 1. The Kier molecular flexibility index (Phi) is 5.91. The van der Waals surface area contributed by atoms with Gasteiger partial charge in [0.25, 0.3) is 5.91 Å². The molecule has 0 saturated heterocycles. The number of rotatable bonds is 7. The predicted molar refractivity (Wildman–Crippen MR) is 101 cm³/mol. The third kappa shape index (κ3) is 4.43. The van der Waals surface area contributed by atoms with Crippen LogP contribution in [0.25, 0.3) is 0 Å². The first-order valence-corrected chi connectivity index (χ1v) is 9.16. The van der Waals surface area contributed by atoms with Gasteiger partial charge in [-0.05, 0) is 35.6 Å². The third-order valence-corrected chi connectivity index (χ3v) is 4.59. The first kappa shape index (κ1) is 18.0. The van der Waals surface area contributed by atoms with E-state index in [1.165, 1.54) is 0 Å². The number of carbonyl (C=O) groups is 1. The van der Waals surface area contributed by atoms with Crippen molar-refractivity contribution in [2.24, 2.45) is 0 Å². The molecule has 2 aromatic carbocycles. The number of nitrogens with one attached hydrogen (secondary N) is 1. The first-order valence-electron chi connectivity index (χ1n) is 8.18. The van der Waals surface area contributed by atoms with Crippen LogP contribution in [-0.2, 0) is 6.42 Å². The Hall–Kier alpha value is -2.80. The summed E-state index contributed by atoms with van der Waals surface area (Å²) in [5.74, 6) is 1.84. The molecule has 7 heteroatoms. The van der Waals surface area contributed by atoms with Crippen molar-refractivity contribution in [3.63, 3.8) is 0 Å². The molecule has 0 bridgehead atoms. The van der Waals surface area contributed by atoms with E-state index in [2.05, 4.69) is 15.5 Å². The molecule has 0 aliphatic rings. The standard InChI is InChI=1S/C19H19N3O3S/c1-3-26-16-7-5-4-6-15(16)18(23)20-19-22-21-17(25-19)12-13-8-10-14(24-2)11-9-13/h4-11H,3,12H2,1-2H3,(H,20,22,23). The smallest absolute Gasteiger partial charge is 0.322 e. The van der Waals surface area contributed by atoms with E-state index < -0.39 is 0 Å². The quantitative estimate of drug-likeness (QED) is 0.634. The molecular weight excluding hydrogens is 350 g/mol. The molecule has 134 valence electrons. The van der Waals surface area contributed by atoms with E-state index >= 15 is 0 Å². The van der Waals surface area contributed by atoms with Crippen molar-refractivity contribution in [1.29, 1.82) is 0 Å². The molecule has 0 spiro atoms. The molecule has 0 aliphatic heterocycles. The maximum absolute atomic E-state index is 12.5. The molecule has 6 nitrogen and oxygen atoms in total. The normalized spacial score (nSPS) is 10.5. The van der Waals surface area contributed by atoms with E-state index in [9.17, 15) is 4.79 Å². The number of thioether (sulfide) groups is 1. The van der Waals surface area contributed by atoms with Crippen molar-refractivity contribution < 1.29 is 13.9 Å². The molecule has 1 amide bonds. The molecule has 3 rings (SSSR count). The summed E-state index contributed by atoms with van der Waals surface area (Å²) in [6.45, 7) is 2.04. The summed E-state index contributed by atoms with van der Waals surface area (Å²) < 4.78 is 10.7. The SMILES string of the molecule is CCSc1ccccc1C(=O)Nc1nnc(Cc2ccc(OC)cc2)o1. The highest BCUT2D eigenvalue weighted by atomic mass is 32.2. The van der Waals surface area contributed by atoms with Crippen LogP contribution in [0.15, 0.2) is 57.8 Å². The summed E-state index contributed by atoms with van der Waals surface area (Å²) in [6, 6.07) is 15.1. The van der Waals surface area contributed by atoms with Crippen LogP contribution in [0.1, 0.15) is 28.7 Å². The van der Waals surface area contributed by atoms with E-state index in [4.69, 9.17) is 9.15 Å². The van der Waals surface area contributed by atoms with Gasteiger partial charge in [0.05, 0.1) is 19.1 Å². The molecule has 1 heterocycles. The second-order valence-electron chi connectivity index (χ2n) is 5.41. The van der Waals surface area contributed by atoms with Crippen molar-refractivity contribution >= 4 is 23.7 Å². The fourth-order valence-electron chi connectivity index (χ4n) is 2.39. The second-order valence-corrected chi connectivity index (χ2v) is 6.71. The van der Waals surface area contributed by atoms with Crippen LogP contribution in [0.4, 0.5) is 6.01 Å². The van der Waals surface area contributed by atoms with Gasteiger partial charge >= 0.3 is 6.01 Å². The minimum absolute atomic E-state index is 0.0924. The molecule has 0 aliphatic carbocycles. The number of amides is 1. The van der Waals surface area contributed by atoms with Crippen LogP contribution in [0.2, 0.25) is 0 Å². The Labute approximate surface area is 156 Å². The number of methoxy groups -OCH3 is 1. The molecular formula is C19H19N3O3S. The number of carbonyl (C=O) groups excluding carboxylic acids is 1. The lowest BCUT2D eigenvalue weighted by atomic mass is 10.1. The van der Waals surface area contributed by atoms with Crippen molar-refractivity contribution in [3.05, 3.63) is 65.5 Å². The van der Waals surface area contributed by atoms with E-state index in [0.29, 0.717) is 17.9 Å². The molecule has 0 unspecified atom stereocenters. The molecule has 0 saturated carbocycles. The Morgan fingerprint density at radius 2 is 1.92 bits per heavy atom. The topological polar surface area (TPSA) is 77.2 Å². The first-order chi connectivity index (χ1) is 12.7. The Bertz CT molecular complexity index is 878. The maximum atomic E-state index is 12.5. The lowest BCUT2D eigenvalue weighted by Gasteiger charge is -2.06. The summed E-state index contributed by atoms with van der Waals surface area (Å²) in [7, 11) is 1.62. The summed E-state index contributed by atoms with van der Waals surface area (Å²) in [4.78, 5) is 13.4. The summed E-state index contributed by atoms with van der Waals surface area (Å²) in [6.07, 6.45) is 0.481. The third-order valence-electron chi connectivity index (χ3n) is 3.63. The average Bonchev–Trinajstić information content (AvgIpc) is 3.10. The fraction of sp³-hybridized carbons (Fsp3) is 0.211. The van der Waals surface area contributed by atoms with Crippen molar-refractivity contribution in [2.75, 3.05) is 18.2 Å². The molecule has 3 aromatic rings. The van der Waals surface area contributed by atoms with Crippen LogP contribution >= 0.6 is 11.8 Å². The van der Waals surface area contributed by atoms with Crippen LogP contribution in [-0.4, -0.2) is 29.0 Å². The highest BCUT2D eigenvalue weighted by molar-refractivity contribution is 7.99. The summed E-state index contributed by atoms with van der Waals surface area (Å²) >= 11 is 1.61. The van der Waals surface area contributed by atoms with Crippen LogP contribution in [0.3, 0.4) is 0 Å². The number of hydrogen-bond acceptors (Lipinski definition) is 6. The summed E-state index contributed by atoms with van der Waals surface area (Å²) in [5, 5.41) is 10.6. The van der Waals surface area contributed by atoms with Crippen LogP contribution < -0.4 is 10.1 Å². The Balaban J connectivity index is 1.67. The van der Waals surface area contributed by atoms with Gasteiger partial charge in [-0.3, -0.25) is 10.1 Å². The van der Waals surface area contributed by atoms with Crippen molar-refractivity contribution in [3.8, 4) is 5.75 Å². The minimum atomic E-state index is -0.263. The fourth-order valence-corrected chi connectivity index (χ4v) is 3.20. The Morgan fingerprint density at radius 3 is 2.65 bits per heavy atom. The van der Waals surface area contributed by atoms with Gasteiger partial charge in [-0.2, -0.15) is 0 Å². The summed E-state index contributed by atoms with van der Waals surface area (Å²) in [5.41, 5.74) is 1.60. The molecule has 0 atom stereocenters. The van der Waals surface area contributed by atoms with E-state index in [1.807, 2.05) is 49.4 Å². The highest BCUT2D eigenvalue weighted by Gasteiger charge is 2.15. The molecule has 0 fully saturated rings. The average molecular weight is 369 g/mol. The van der Waals surface area contributed by atoms with Gasteiger partial charge in [-0.25, -0.2) is 0 Å². The largest absolute Gasteiger partial charge is 0.497 e. The van der Waals surface area contributed by atoms with E-state index in [0.717, 1.165) is 22.0 Å². The molecule has 1 N–H and O–H groups in total. The number of nitrogens with zero attached hydrogens (tertiary/aromatic N) is 2. The van der Waals surface area contributed by atoms with Gasteiger partial charge in [0, 0.05) is 4.90 Å². The van der Waals surface area contributed by atoms with Crippen molar-refractivity contribution in [2.45, 2.75) is 18.2 Å². The lowest BCUT2D eigenvalue weighted by Crippen LogP contribution is -2.13. The zero-order valence-corrected chi connectivity index (χ0v) is 15.4. The van der Waals surface area contributed by atoms with Crippen LogP contribution in [0.5, 0.6) is 5.75 Å².